The van der Waals surface area contributed by atoms with Gasteiger partial charge in [0.1, 0.15) is 0 Å². The smallest absolute Gasteiger partial charge is 0.311 e. The summed E-state index contributed by atoms with van der Waals surface area (Å²) in [6.07, 6.45) is 0.889. The number of hydrogen-bond donors (Lipinski definition) is 1. The molecule has 0 amide bonds. The molecule has 1 N–H and O–H groups in total. The predicted octanol–water partition coefficient (Wildman–Crippen LogP) is 2.49. The Morgan fingerprint density at radius 3 is 2.89 bits per heavy atom. The fourth-order valence-corrected chi connectivity index (χ4v) is 2.52. The molecular weight excluding hydrogens is 242 g/mol. The van der Waals surface area contributed by atoms with Crippen LogP contribution in [0, 0.1) is 0 Å². The molecule has 2 rings (SSSR count). The predicted molar refractivity (Wildman–Crippen MR) is 74.7 cm³/mol. The average Bonchev–Trinajstić information content (AvgIpc) is 2.38. The minimum atomic E-state index is -0.731. The molecule has 0 bridgehead atoms. The number of para-hydroxylation sites is 1. The number of aliphatic carboxylic acids is 1. The Morgan fingerprint density at radius 2 is 2.21 bits per heavy atom. The van der Waals surface area contributed by atoms with Crippen molar-refractivity contribution < 1.29 is 14.6 Å². The normalized spacial score (nSPS) is 18.5. The number of carboxylic acid groups (broad SMARTS) is 1. The molecule has 1 aromatic rings. The lowest BCUT2D eigenvalue weighted by Gasteiger charge is -2.34. The van der Waals surface area contributed by atoms with E-state index < -0.39 is 5.97 Å². The van der Waals surface area contributed by atoms with Gasteiger partial charge in [0.15, 0.2) is 0 Å². The van der Waals surface area contributed by atoms with Gasteiger partial charge in [0.2, 0.25) is 0 Å². The Balaban J connectivity index is 2.11. The lowest BCUT2D eigenvalue weighted by atomic mass is 9.90. The molecule has 0 saturated heterocycles. The number of rotatable bonds is 5. The molecule has 4 nitrogen and oxygen atoms in total. The van der Waals surface area contributed by atoms with E-state index in [1.165, 1.54) is 0 Å². The number of carbonyl (C=O) groups is 1. The summed E-state index contributed by atoms with van der Waals surface area (Å²) in [6, 6.07) is 7.78. The van der Waals surface area contributed by atoms with Gasteiger partial charge in [-0.3, -0.25) is 4.79 Å². The molecular formula is C15H21NO3. The van der Waals surface area contributed by atoms with Gasteiger partial charge in [0.05, 0.1) is 18.6 Å². The number of benzene rings is 1. The van der Waals surface area contributed by atoms with Crippen molar-refractivity contribution in [3.05, 3.63) is 29.8 Å². The van der Waals surface area contributed by atoms with Crippen molar-refractivity contribution in [1.29, 1.82) is 0 Å². The van der Waals surface area contributed by atoms with Crippen LogP contribution in [-0.4, -0.2) is 36.9 Å². The van der Waals surface area contributed by atoms with Crippen molar-refractivity contribution in [1.82, 2.24) is 0 Å². The van der Waals surface area contributed by atoms with E-state index in [0.717, 1.165) is 24.3 Å². The summed E-state index contributed by atoms with van der Waals surface area (Å²) in [5.41, 5.74) is 1.96. The summed E-state index contributed by atoms with van der Waals surface area (Å²) in [6.45, 7) is 6.29. The molecule has 0 aromatic heterocycles. The Morgan fingerprint density at radius 1 is 1.47 bits per heavy atom. The molecule has 4 heteroatoms. The molecule has 1 aromatic carbocycles. The SMILES string of the molecule is CC(C)OCCN1CCC(C(=O)O)c2ccccc21. The second kappa shape index (κ2) is 6.06. The van der Waals surface area contributed by atoms with Gasteiger partial charge in [-0.05, 0) is 31.9 Å². The molecule has 1 atom stereocenters. The largest absolute Gasteiger partial charge is 0.481 e. The van der Waals surface area contributed by atoms with Crippen molar-refractivity contribution in [3.63, 3.8) is 0 Å². The molecule has 1 aliphatic rings. The highest BCUT2D eigenvalue weighted by molar-refractivity contribution is 5.80. The third-order valence-electron chi connectivity index (χ3n) is 3.45. The van der Waals surface area contributed by atoms with Gasteiger partial charge < -0.3 is 14.7 Å². The number of hydrogen-bond acceptors (Lipinski definition) is 3. The number of ether oxygens (including phenoxy) is 1. The van der Waals surface area contributed by atoms with Crippen LogP contribution < -0.4 is 4.90 Å². The fourth-order valence-electron chi connectivity index (χ4n) is 2.52. The van der Waals surface area contributed by atoms with Crippen molar-refractivity contribution in [2.24, 2.45) is 0 Å². The van der Waals surface area contributed by atoms with E-state index in [0.29, 0.717) is 13.0 Å². The van der Waals surface area contributed by atoms with Crippen LogP contribution in [-0.2, 0) is 9.53 Å². The molecule has 0 saturated carbocycles. The standard InChI is InChI=1S/C15H21NO3/c1-11(2)19-10-9-16-8-7-13(15(17)18)12-5-3-4-6-14(12)16/h3-6,11,13H,7-10H2,1-2H3,(H,17,18). The maximum absolute atomic E-state index is 11.3. The Bertz CT molecular complexity index is 445. The van der Waals surface area contributed by atoms with Crippen molar-refractivity contribution >= 4 is 11.7 Å². The molecule has 104 valence electrons. The van der Waals surface area contributed by atoms with Crippen LogP contribution in [0.1, 0.15) is 31.7 Å². The zero-order valence-corrected chi connectivity index (χ0v) is 11.5. The van der Waals surface area contributed by atoms with E-state index in [9.17, 15) is 9.90 Å². The Hall–Kier alpha value is -1.55. The van der Waals surface area contributed by atoms with Gasteiger partial charge in [-0.1, -0.05) is 18.2 Å². The topological polar surface area (TPSA) is 49.8 Å². The summed E-state index contributed by atoms with van der Waals surface area (Å²) in [4.78, 5) is 13.5. The quantitative estimate of drug-likeness (QED) is 0.886. The third kappa shape index (κ3) is 3.26. The van der Waals surface area contributed by atoms with Gasteiger partial charge in [0.25, 0.3) is 0 Å². The molecule has 0 spiro atoms. The van der Waals surface area contributed by atoms with Crippen LogP contribution in [0.4, 0.5) is 5.69 Å². The Kier molecular flexibility index (Phi) is 4.43. The first kappa shape index (κ1) is 13.9. The first-order chi connectivity index (χ1) is 9.09. The number of fused-ring (bicyclic) bond motifs is 1. The second-order valence-electron chi connectivity index (χ2n) is 5.14. The first-order valence-electron chi connectivity index (χ1n) is 6.78. The molecule has 0 aliphatic carbocycles. The number of anilines is 1. The molecule has 19 heavy (non-hydrogen) atoms. The van der Waals surface area contributed by atoms with Crippen LogP contribution >= 0.6 is 0 Å². The zero-order valence-electron chi connectivity index (χ0n) is 11.5. The molecule has 0 fully saturated rings. The van der Waals surface area contributed by atoms with Crippen molar-refractivity contribution in [2.75, 3.05) is 24.6 Å². The van der Waals surface area contributed by atoms with Gasteiger partial charge in [-0.25, -0.2) is 0 Å². The summed E-state index contributed by atoms with van der Waals surface area (Å²) in [5.74, 6) is -1.11. The summed E-state index contributed by atoms with van der Waals surface area (Å²) in [7, 11) is 0. The number of carboxylic acids is 1. The van der Waals surface area contributed by atoms with Crippen molar-refractivity contribution in [2.45, 2.75) is 32.3 Å². The highest BCUT2D eigenvalue weighted by Crippen LogP contribution is 2.34. The van der Waals surface area contributed by atoms with E-state index in [1.54, 1.807) is 0 Å². The average molecular weight is 263 g/mol. The van der Waals surface area contributed by atoms with Crippen LogP contribution in [0.15, 0.2) is 24.3 Å². The van der Waals surface area contributed by atoms with Crippen LogP contribution in [0.2, 0.25) is 0 Å². The highest BCUT2D eigenvalue weighted by atomic mass is 16.5. The molecule has 1 heterocycles. The summed E-state index contributed by atoms with van der Waals surface area (Å²) < 4.78 is 5.58. The zero-order chi connectivity index (χ0) is 13.8. The summed E-state index contributed by atoms with van der Waals surface area (Å²) in [5, 5.41) is 9.28. The molecule has 1 aliphatic heterocycles. The van der Waals surface area contributed by atoms with E-state index in [2.05, 4.69) is 4.90 Å². The highest BCUT2D eigenvalue weighted by Gasteiger charge is 2.29. The van der Waals surface area contributed by atoms with Crippen molar-refractivity contribution in [3.8, 4) is 0 Å². The maximum atomic E-state index is 11.3. The third-order valence-corrected chi connectivity index (χ3v) is 3.45. The second-order valence-corrected chi connectivity index (χ2v) is 5.14. The number of nitrogens with zero attached hydrogens (tertiary/aromatic N) is 1. The monoisotopic (exact) mass is 263 g/mol. The van der Waals surface area contributed by atoms with E-state index in [1.807, 2.05) is 38.1 Å². The minimum Gasteiger partial charge on any atom is -0.481 e. The lowest BCUT2D eigenvalue weighted by molar-refractivity contribution is -0.139. The van der Waals surface area contributed by atoms with Crippen LogP contribution in [0.5, 0.6) is 0 Å². The van der Waals surface area contributed by atoms with Gasteiger partial charge in [0, 0.05) is 18.8 Å². The molecule has 1 unspecified atom stereocenters. The van der Waals surface area contributed by atoms with Gasteiger partial charge >= 0.3 is 5.97 Å². The van der Waals surface area contributed by atoms with E-state index >= 15 is 0 Å². The van der Waals surface area contributed by atoms with E-state index in [-0.39, 0.29) is 12.0 Å². The van der Waals surface area contributed by atoms with Crippen LogP contribution in [0.25, 0.3) is 0 Å². The van der Waals surface area contributed by atoms with Gasteiger partial charge in [-0.15, -0.1) is 0 Å². The lowest BCUT2D eigenvalue weighted by Crippen LogP contribution is -2.36. The van der Waals surface area contributed by atoms with E-state index in [4.69, 9.17) is 4.74 Å². The van der Waals surface area contributed by atoms with Gasteiger partial charge in [-0.2, -0.15) is 0 Å². The summed E-state index contributed by atoms with van der Waals surface area (Å²) >= 11 is 0. The van der Waals surface area contributed by atoms with Crippen LogP contribution in [0.3, 0.4) is 0 Å². The first-order valence-corrected chi connectivity index (χ1v) is 6.78. The Labute approximate surface area is 114 Å². The minimum absolute atomic E-state index is 0.229. The fraction of sp³-hybridized carbons (Fsp3) is 0.533. The maximum Gasteiger partial charge on any atom is 0.311 e. The molecule has 0 radical (unpaired) electrons.